The van der Waals surface area contributed by atoms with Crippen molar-refractivity contribution in [2.45, 2.75) is 44.7 Å². The topological polar surface area (TPSA) is 85.2 Å². The van der Waals surface area contributed by atoms with Crippen LogP contribution in [-0.2, 0) is 16.1 Å². The van der Waals surface area contributed by atoms with Crippen LogP contribution in [0.3, 0.4) is 0 Å². The van der Waals surface area contributed by atoms with Gasteiger partial charge in [-0.15, -0.1) is 5.10 Å². The second-order valence-corrected chi connectivity index (χ2v) is 7.27. The summed E-state index contributed by atoms with van der Waals surface area (Å²) >= 11 is 1.32. The number of thioether (sulfide) groups is 1. The van der Waals surface area contributed by atoms with Crippen molar-refractivity contribution in [2.75, 3.05) is 29.1 Å². The second kappa shape index (κ2) is 8.50. The first-order chi connectivity index (χ1) is 12.5. The number of ether oxygens (including phenoxy) is 1. The van der Waals surface area contributed by atoms with E-state index in [4.69, 9.17) is 4.74 Å². The fourth-order valence-corrected chi connectivity index (χ4v) is 3.71. The molecule has 2 aromatic rings. The van der Waals surface area contributed by atoms with Crippen LogP contribution in [0.25, 0.3) is 0 Å². The van der Waals surface area contributed by atoms with E-state index in [9.17, 15) is 4.79 Å². The van der Waals surface area contributed by atoms with E-state index in [1.807, 2.05) is 31.2 Å². The van der Waals surface area contributed by atoms with Crippen LogP contribution < -0.4 is 10.2 Å². The molecule has 0 aliphatic carbocycles. The van der Waals surface area contributed by atoms with Crippen molar-refractivity contribution in [3.05, 3.63) is 24.3 Å². The molecule has 1 aromatic heterocycles. The van der Waals surface area contributed by atoms with E-state index in [1.54, 1.807) is 4.68 Å². The number of aromatic nitrogens is 4. The van der Waals surface area contributed by atoms with Crippen molar-refractivity contribution in [1.29, 1.82) is 0 Å². The lowest BCUT2D eigenvalue weighted by Gasteiger charge is -2.36. The minimum absolute atomic E-state index is 0.0815. The van der Waals surface area contributed by atoms with Gasteiger partial charge in [-0.3, -0.25) is 4.79 Å². The highest BCUT2D eigenvalue weighted by molar-refractivity contribution is 7.99. The fraction of sp³-hybridized carbons (Fsp3) is 0.529. The third-order valence-electron chi connectivity index (χ3n) is 4.07. The van der Waals surface area contributed by atoms with Crippen LogP contribution in [0, 0.1) is 0 Å². The minimum atomic E-state index is -0.0815. The lowest BCUT2D eigenvalue weighted by molar-refractivity contribution is -0.113. The molecule has 1 aliphatic heterocycles. The van der Waals surface area contributed by atoms with E-state index in [0.717, 1.165) is 24.5 Å². The summed E-state index contributed by atoms with van der Waals surface area (Å²) in [6.07, 6.45) is 0.435. The number of anilines is 2. The molecule has 1 amide bonds. The summed E-state index contributed by atoms with van der Waals surface area (Å²) in [6.45, 7) is 8.56. The Hall–Kier alpha value is -2.13. The van der Waals surface area contributed by atoms with Gasteiger partial charge in [-0.1, -0.05) is 11.8 Å². The summed E-state index contributed by atoms with van der Waals surface area (Å²) in [5.41, 5.74) is 1.92. The number of rotatable bonds is 6. The van der Waals surface area contributed by atoms with Gasteiger partial charge in [-0.05, 0) is 55.5 Å². The molecule has 9 heteroatoms. The Morgan fingerprint density at radius 2 is 1.96 bits per heavy atom. The molecule has 1 aromatic carbocycles. The van der Waals surface area contributed by atoms with Crippen LogP contribution in [0.2, 0.25) is 0 Å². The Morgan fingerprint density at radius 1 is 1.27 bits per heavy atom. The lowest BCUT2D eigenvalue weighted by Crippen LogP contribution is -2.45. The summed E-state index contributed by atoms with van der Waals surface area (Å²) in [5.74, 6) is 0.183. The van der Waals surface area contributed by atoms with Crippen molar-refractivity contribution >= 4 is 29.0 Å². The molecule has 1 saturated heterocycles. The van der Waals surface area contributed by atoms with Gasteiger partial charge in [0.2, 0.25) is 11.1 Å². The van der Waals surface area contributed by atoms with Crippen LogP contribution in [0.15, 0.2) is 29.4 Å². The Balaban J connectivity index is 1.53. The van der Waals surface area contributed by atoms with Gasteiger partial charge >= 0.3 is 0 Å². The largest absolute Gasteiger partial charge is 0.372 e. The molecule has 8 nitrogen and oxygen atoms in total. The first kappa shape index (κ1) is 18.7. The van der Waals surface area contributed by atoms with Gasteiger partial charge in [0.25, 0.3) is 0 Å². The molecule has 1 fully saturated rings. The zero-order chi connectivity index (χ0) is 18.5. The molecule has 2 heterocycles. The molecule has 2 atom stereocenters. The molecule has 3 rings (SSSR count). The Labute approximate surface area is 157 Å². The van der Waals surface area contributed by atoms with E-state index in [1.165, 1.54) is 11.8 Å². The number of morpholine rings is 1. The molecule has 0 radical (unpaired) electrons. The van der Waals surface area contributed by atoms with Crippen molar-refractivity contribution in [1.82, 2.24) is 20.2 Å². The maximum atomic E-state index is 12.1. The van der Waals surface area contributed by atoms with Crippen LogP contribution >= 0.6 is 11.8 Å². The van der Waals surface area contributed by atoms with Crippen LogP contribution in [0.5, 0.6) is 0 Å². The lowest BCUT2D eigenvalue weighted by atomic mass is 10.2. The molecular formula is C17H24N6O2S. The summed E-state index contributed by atoms with van der Waals surface area (Å²) in [7, 11) is 0. The first-order valence-electron chi connectivity index (χ1n) is 8.74. The SMILES string of the molecule is CCn1nnnc1SCC(=O)Nc1ccc(N2C[C@H](C)O[C@@H](C)C2)cc1. The molecule has 26 heavy (non-hydrogen) atoms. The van der Waals surface area contributed by atoms with E-state index >= 15 is 0 Å². The number of carbonyl (C=O) groups excluding carboxylic acids is 1. The smallest absolute Gasteiger partial charge is 0.234 e. The van der Waals surface area contributed by atoms with Gasteiger partial charge in [0.1, 0.15) is 0 Å². The Bertz CT molecular complexity index is 725. The average Bonchev–Trinajstić information content (AvgIpc) is 3.07. The number of nitrogens with zero attached hydrogens (tertiary/aromatic N) is 5. The molecule has 1 aliphatic rings. The Morgan fingerprint density at radius 3 is 2.62 bits per heavy atom. The van der Waals surface area contributed by atoms with Gasteiger partial charge in [-0.25, -0.2) is 4.68 Å². The highest BCUT2D eigenvalue weighted by Crippen LogP contribution is 2.22. The average molecular weight is 376 g/mol. The molecular weight excluding hydrogens is 352 g/mol. The van der Waals surface area contributed by atoms with Gasteiger partial charge in [-0.2, -0.15) is 0 Å². The Kier molecular flexibility index (Phi) is 6.10. The quantitative estimate of drug-likeness (QED) is 0.772. The van der Waals surface area contributed by atoms with E-state index < -0.39 is 0 Å². The van der Waals surface area contributed by atoms with Crippen LogP contribution in [0.1, 0.15) is 20.8 Å². The summed E-state index contributed by atoms with van der Waals surface area (Å²) in [5, 5.41) is 14.9. The van der Waals surface area contributed by atoms with Crippen LogP contribution in [-0.4, -0.2) is 57.2 Å². The minimum Gasteiger partial charge on any atom is -0.372 e. The molecule has 140 valence electrons. The monoisotopic (exact) mass is 376 g/mol. The zero-order valence-electron chi connectivity index (χ0n) is 15.3. The third kappa shape index (κ3) is 4.73. The molecule has 0 unspecified atom stereocenters. The number of benzene rings is 1. The van der Waals surface area contributed by atoms with Gasteiger partial charge in [0.15, 0.2) is 0 Å². The molecule has 0 spiro atoms. The van der Waals surface area contributed by atoms with Crippen molar-refractivity contribution < 1.29 is 9.53 Å². The van der Waals surface area contributed by atoms with Crippen molar-refractivity contribution in [3.8, 4) is 0 Å². The predicted octanol–water partition coefficient (Wildman–Crippen LogP) is 2.04. The van der Waals surface area contributed by atoms with Crippen molar-refractivity contribution in [3.63, 3.8) is 0 Å². The highest BCUT2D eigenvalue weighted by atomic mass is 32.2. The highest BCUT2D eigenvalue weighted by Gasteiger charge is 2.22. The molecule has 1 N–H and O–H groups in total. The maximum Gasteiger partial charge on any atom is 0.234 e. The van der Waals surface area contributed by atoms with Crippen molar-refractivity contribution in [2.24, 2.45) is 0 Å². The number of hydrogen-bond acceptors (Lipinski definition) is 7. The standard InChI is InChI=1S/C17H24N6O2S/c1-4-23-17(19-20-21-23)26-11-16(24)18-14-5-7-15(8-6-14)22-9-12(2)25-13(3)10-22/h5-8,12-13H,4,9-11H2,1-3H3,(H,18,24)/t12-,13-/m0/s1. The first-order valence-corrected chi connectivity index (χ1v) is 9.73. The van der Waals surface area contributed by atoms with Crippen LogP contribution in [0.4, 0.5) is 11.4 Å². The normalized spacial score (nSPS) is 20.2. The maximum absolute atomic E-state index is 12.1. The molecule has 0 saturated carbocycles. The second-order valence-electron chi connectivity index (χ2n) is 6.32. The number of carbonyl (C=O) groups is 1. The number of tetrazole rings is 1. The number of hydrogen-bond donors (Lipinski definition) is 1. The van der Waals surface area contributed by atoms with Gasteiger partial charge in [0, 0.05) is 31.0 Å². The summed E-state index contributed by atoms with van der Waals surface area (Å²) in [6, 6.07) is 7.92. The zero-order valence-corrected chi connectivity index (χ0v) is 16.1. The number of aryl methyl sites for hydroxylation is 1. The van der Waals surface area contributed by atoms with E-state index in [-0.39, 0.29) is 23.9 Å². The summed E-state index contributed by atoms with van der Waals surface area (Å²) in [4.78, 5) is 14.5. The van der Waals surface area contributed by atoms with E-state index in [2.05, 4.69) is 39.6 Å². The fourth-order valence-electron chi connectivity index (χ4n) is 2.97. The third-order valence-corrected chi connectivity index (χ3v) is 5.02. The van der Waals surface area contributed by atoms with Gasteiger partial charge in [0.05, 0.1) is 18.0 Å². The number of amides is 1. The van der Waals surface area contributed by atoms with Gasteiger partial charge < -0.3 is 15.0 Å². The molecule has 0 bridgehead atoms. The van der Waals surface area contributed by atoms with E-state index in [0.29, 0.717) is 11.7 Å². The predicted molar refractivity (Wildman–Crippen MR) is 102 cm³/mol. The number of nitrogens with one attached hydrogen (secondary N) is 1. The summed E-state index contributed by atoms with van der Waals surface area (Å²) < 4.78 is 7.44.